The molecule has 5 N–H and O–H groups in total. The molecule has 0 unspecified atom stereocenters. The highest BCUT2D eigenvalue weighted by Crippen LogP contribution is 2.28. The van der Waals surface area contributed by atoms with Crippen LogP contribution in [0.1, 0.15) is 50.9 Å². The van der Waals surface area contributed by atoms with E-state index in [1.54, 1.807) is 96.0 Å². The zero-order chi connectivity index (χ0) is 42.6. The number of nitrogens with one attached hydrogen (secondary N) is 2. The second-order valence-electron chi connectivity index (χ2n) is 12.1. The molecule has 0 spiro atoms. The molecule has 18 heteroatoms. The third-order valence-corrected chi connectivity index (χ3v) is 10.1. The quantitative estimate of drug-likeness (QED) is 0.0538. The van der Waals surface area contributed by atoms with Gasteiger partial charge in [0.05, 0.1) is 23.3 Å². The summed E-state index contributed by atoms with van der Waals surface area (Å²) in [5.41, 5.74) is 8.46. The van der Waals surface area contributed by atoms with Gasteiger partial charge in [0.2, 0.25) is 0 Å². The molecular formula is C41H37Cl4N5O7S2. The summed E-state index contributed by atoms with van der Waals surface area (Å²) in [6.45, 7) is 0.725. The average Bonchev–Trinajstić information content (AvgIpc) is 3.95. The van der Waals surface area contributed by atoms with Gasteiger partial charge in [-0.2, -0.15) is 0 Å². The first-order valence-corrected chi connectivity index (χ1v) is 20.9. The van der Waals surface area contributed by atoms with Crippen LogP contribution in [0.15, 0.2) is 108 Å². The van der Waals surface area contributed by atoms with Gasteiger partial charge in [0, 0.05) is 69.5 Å². The Morgan fingerprint density at radius 1 is 0.644 bits per heavy atom. The highest BCUT2D eigenvalue weighted by atomic mass is 35.5. The number of Topliss-reactive ketones (excluding diaryl/α,β-unsaturated/α-hetero) is 1. The zero-order valence-corrected chi connectivity index (χ0v) is 35.7. The number of anilines is 3. The van der Waals surface area contributed by atoms with E-state index in [1.165, 1.54) is 22.7 Å². The monoisotopic (exact) mass is 915 g/mol. The van der Waals surface area contributed by atoms with E-state index < -0.39 is 5.97 Å². The number of nitrogens with two attached hydrogens (primary N) is 1. The van der Waals surface area contributed by atoms with E-state index in [4.69, 9.17) is 66.7 Å². The SMILES string of the molecule is Nc1ccc(NC(=O)c2nccs2)cc1.O=C(CCCOc1ccc(Cl)cc1Cl)Cc1ccc(NC(=O)c2nccs2)cc1.O=C(O)CCCOc1ccc(Cl)cc1Cl. The first-order chi connectivity index (χ1) is 28.4. The van der Waals surface area contributed by atoms with Crippen LogP contribution in [0.4, 0.5) is 17.1 Å². The molecule has 2 amide bonds. The summed E-state index contributed by atoms with van der Waals surface area (Å²) in [7, 11) is 0. The van der Waals surface area contributed by atoms with Gasteiger partial charge in [-0.05, 0) is 91.2 Å². The van der Waals surface area contributed by atoms with Crippen molar-refractivity contribution in [2.24, 2.45) is 0 Å². The van der Waals surface area contributed by atoms with Crippen molar-refractivity contribution in [1.29, 1.82) is 0 Å². The van der Waals surface area contributed by atoms with Gasteiger partial charge in [-0.15, -0.1) is 22.7 Å². The largest absolute Gasteiger partial charge is 0.492 e. The van der Waals surface area contributed by atoms with Gasteiger partial charge in [-0.25, -0.2) is 9.97 Å². The van der Waals surface area contributed by atoms with Crippen LogP contribution in [0.3, 0.4) is 0 Å². The summed E-state index contributed by atoms with van der Waals surface area (Å²) >= 11 is 26.0. The van der Waals surface area contributed by atoms with Crippen molar-refractivity contribution in [2.75, 3.05) is 29.6 Å². The van der Waals surface area contributed by atoms with Gasteiger partial charge in [0.15, 0.2) is 10.0 Å². The van der Waals surface area contributed by atoms with E-state index >= 15 is 0 Å². The number of nitrogen functional groups attached to an aromatic ring is 1. The molecule has 0 saturated carbocycles. The molecule has 6 aromatic rings. The molecule has 12 nitrogen and oxygen atoms in total. The number of hydrogen-bond donors (Lipinski definition) is 4. The fourth-order valence-corrected chi connectivity index (χ4v) is 6.66. The van der Waals surface area contributed by atoms with E-state index in [0.717, 1.165) is 5.56 Å². The molecule has 308 valence electrons. The molecule has 6 rings (SSSR count). The van der Waals surface area contributed by atoms with Crippen LogP contribution in [0, 0.1) is 0 Å². The maximum atomic E-state index is 12.2. The number of hydrogen-bond acceptors (Lipinski definition) is 11. The number of thiazole rings is 2. The van der Waals surface area contributed by atoms with Crippen LogP contribution in [0.25, 0.3) is 0 Å². The molecule has 0 aliphatic heterocycles. The Labute approximate surface area is 368 Å². The summed E-state index contributed by atoms with van der Waals surface area (Å²) in [6, 6.07) is 24.1. The molecule has 2 aromatic heterocycles. The lowest BCUT2D eigenvalue weighted by molar-refractivity contribution is -0.137. The van der Waals surface area contributed by atoms with E-state index in [2.05, 4.69) is 20.6 Å². The Morgan fingerprint density at radius 3 is 1.53 bits per heavy atom. The maximum Gasteiger partial charge on any atom is 0.303 e. The number of aliphatic carboxylic acids is 1. The fourth-order valence-electron chi connectivity index (χ4n) is 4.67. The number of ketones is 1. The summed E-state index contributed by atoms with van der Waals surface area (Å²) in [5.74, 6) is -0.0825. The lowest BCUT2D eigenvalue weighted by atomic mass is 10.1. The summed E-state index contributed by atoms with van der Waals surface area (Å²) in [6.07, 6.45) is 5.07. The highest BCUT2D eigenvalue weighted by Gasteiger charge is 2.11. The summed E-state index contributed by atoms with van der Waals surface area (Å²) in [4.78, 5) is 53.8. The second kappa shape index (κ2) is 24.6. The molecule has 2 heterocycles. The van der Waals surface area contributed by atoms with Crippen molar-refractivity contribution in [3.8, 4) is 11.5 Å². The number of carbonyl (C=O) groups excluding carboxylic acids is 3. The minimum Gasteiger partial charge on any atom is -0.492 e. The number of carboxylic acid groups (broad SMARTS) is 1. The molecule has 4 aromatic carbocycles. The molecule has 59 heavy (non-hydrogen) atoms. The van der Waals surface area contributed by atoms with E-state index in [0.29, 0.717) is 97.6 Å². The standard InChI is InChI=1S/C21H18Cl2N2O3S.C10H10Cl2O3.C10H9N3OS/c22-15-5-8-19(18(23)13-15)28-10-1-2-17(26)12-14-3-6-16(7-4-14)25-20(27)21-24-9-11-29-21;11-7-3-4-9(8(12)6-7)15-5-1-2-10(13)14;11-7-1-3-8(4-2-7)13-9(14)10-12-5-6-15-10/h3-9,11,13H,1-2,10,12H2,(H,25,27);3-4,6H,1-2,5H2,(H,13,14);1-6H,11H2,(H,13,14). The van der Waals surface area contributed by atoms with Gasteiger partial charge in [0.1, 0.15) is 17.3 Å². The maximum absolute atomic E-state index is 12.2. The lowest BCUT2D eigenvalue weighted by Gasteiger charge is -2.08. The van der Waals surface area contributed by atoms with Crippen molar-refractivity contribution in [3.05, 3.63) is 144 Å². The topological polar surface area (TPSA) is 183 Å². The molecule has 0 atom stereocenters. The molecule has 0 aliphatic carbocycles. The average molecular weight is 918 g/mol. The Balaban J connectivity index is 0.000000215. The molecule has 0 fully saturated rings. The number of rotatable bonds is 16. The van der Waals surface area contributed by atoms with Crippen LogP contribution in [-0.2, 0) is 16.0 Å². The number of carboxylic acids is 1. The van der Waals surface area contributed by atoms with Crippen molar-refractivity contribution in [3.63, 3.8) is 0 Å². The number of benzene rings is 4. The van der Waals surface area contributed by atoms with Gasteiger partial charge >= 0.3 is 5.97 Å². The summed E-state index contributed by atoms with van der Waals surface area (Å²) < 4.78 is 10.9. The first kappa shape index (κ1) is 46.5. The Kier molecular flexibility index (Phi) is 19.4. The number of carbonyl (C=O) groups is 4. The van der Waals surface area contributed by atoms with Crippen LogP contribution in [-0.4, -0.2) is 51.9 Å². The normalized spacial score (nSPS) is 10.2. The Bertz CT molecular complexity index is 2260. The van der Waals surface area contributed by atoms with E-state index in [9.17, 15) is 19.2 Å². The van der Waals surface area contributed by atoms with Gasteiger partial charge < -0.3 is 30.9 Å². The zero-order valence-electron chi connectivity index (χ0n) is 31.0. The third kappa shape index (κ3) is 17.3. The van der Waals surface area contributed by atoms with Crippen LogP contribution in [0.2, 0.25) is 20.1 Å². The van der Waals surface area contributed by atoms with E-state index in [1.807, 2.05) is 12.1 Å². The Hall–Kier alpha value is -5.22. The third-order valence-electron chi connectivity index (χ3n) is 7.47. The number of ether oxygens (including phenoxy) is 2. The number of aromatic nitrogens is 2. The number of nitrogens with zero attached hydrogens (tertiary/aromatic N) is 2. The second-order valence-corrected chi connectivity index (χ2v) is 15.5. The van der Waals surface area contributed by atoms with Crippen molar-refractivity contribution in [2.45, 2.75) is 32.1 Å². The van der Waals surface area contributed by atoms with Crippen LogP contribution < -0.4 is 25.8 Å². The minimum absolute atomic E-state index is 0.0885. The number of amides is 2. The fraction of sp³-hybridized carbons (Fsp3) is 0.171. The predicted molar refractivity (Wildman–Crippen MR) is 236 cm³/mol. The van der Waals surface area contributed by atoms with Crippen LogP contribution in [0.5, 0.6) is 11.5 Å². The predicted octanol–water partition coefficient (Wildman–Crippen LogP) is 10.9. The molecule has 0 saturated heterocycles. The lowest BCUT2D eigenvalue weighted by Crippen LogP contribution is -2.11. The van der Waals surface area contributed by atoms with Crippen LogP contribution >= 0.6 is 69.1 Å². The van der Waals surface area contributed by atoms with E-state index in [-0.39, 0.29) is 24.0 Å². The molecule has 0 bridgehead atoms. The summed E-state index contributed by atoms with van der Waals surface area (Å²) in [5, 5.41) is 20.2. The highest BCUT2D eigenvalue weighted by molar-refractivity contribution is 7.12. The minimum atomic E-state index is -0.833. The van der Waals surface area contributed by atoms with Gasteiger partial charge in [-0.3, -0.25) is 19.2 Å². The smallest absolute Gasteiger partial charge is 0.303 e. The number of halogens is 4. The van der Waals surface area contributed by atoms with Crippen molar-refractivity contribution in [1.82, 2.24) is 9.97 Å². The molecular weight excluding hydrogens is 880 g/mol. The first-order valence-electron chi connectivity index (χ1n) is 17.6. The van der Waals surface area contributed by atoms with Gasteiger partial charge in [0.25, 0.3) is 11.8 Å². The van der Waals surface area contributed by atoms with Crippen molar-refractivity contribution < 1.29 is 33.8 Å². The molecule has 0 aliphatic rings. The Morgan fingerprint density at radius 2 is 1.10 bits per heavy atom. The van der Waals surface area contributed by atoms with Gasteiger partial charge in [-0.1, -0.05) is 58.5 Å². The van der Waals surface area contributed by atoms with Crippen molar-refractivity contribution >= 4 is 110 Å². The molecule has 0 radical (unpaired) electrons.